The molecule has 0 aliphatic carbocycles. The molecule has 1 unspecified atom stereocenters. The molecule has 0 aliphatic heterocycles. The number of rotatable bonds is 4. The molecule has 0 heterocycles. The van der Waals surface area contributed by atoms with Crippen LogP contribution in [0.2, 0.25) is 0 Å². The van der Waals surface area contributed by atoms with E-state index in [1.54, 1.807) is 6.92 Å². The molecule has 0 spiro atoms. The fourth-order valence-corrected chi connectivity index (χ4v) is 0.919. The summed E-state index contributed by atoms with van der Waals surface area (Å²) in [5.41, 5.74) is 0. The van der Waals surface area contributed by atoms with Crippen LogP contribution in [0, 0.1) is 0 Å². The van der Waals surface area contributed by atoms with Crippen LogP contribution in [0.25, 0.3) is 0 Å². The lowest BCUT2D eigenvalue weighted by Crippen LogP contribution is -2.31. The highest BCUT2D eigenvalue weighted by Crippen LogP contribution is 2.34. The van der Waals surface area contributed by atoms with E-state index in [0.29, 0.717) is 0 Å². The van der Waals surface area contributed by atoms with Crippen molar-refractivity contribution in [2.24, 2.45) is 0 Å². The summed E-state index contributed by atoms with van der Waals surface area (Å²) in [6.45, 7) is 2.81. The first kappa shape index (κ1) is 12.6. The molecule has 1 atom stereocenters. The van der Waals surface area contributed by atoms with E-state index in [2.05, 4.69) is 4.74 Å². The molecule has 6 nitrogen and oxygen atoms in total. The minimum absolute atomic E-state index is 0.153. The Labute approximate surface area is 75.7 Å². The lowest BCUT2D eigenvalue weighted by atomic mass is 10.2. The van der Waals surface area contributed by atoms with Gasteiger partial charge in [-0.05, 0) is 0 Å². The lowest BCUT2D eigenvalue weighted by Gasteiger charge is -2.21. The highest BCUT2D eigenvalue weighted by atomic mass is 31.2. The number of ether oxygens (including phenoxy) is 1. The van der Waals surface area contributed by atoms with E-state index in [-0.39, 0.29) is 6.42 Å². The Kier molecular flexibility index (Phi) is 4.06. The van der Waals surface area contributed by atoms with Gasteiger partial charge in [-0.15, -0.1) is 0 Å². The summed E-state index contributed by atoms with van der Waals surface area (Å²) in [6, 6.07) is 0. The zero-order valence-electron chi connectivity index (χ0n) is 7.43. The molecule has 0 bridgehead atoms. The molecule has 0 aromatic heterocycles. The first-order valence-electron chi connectivity index (χ1n) is 3.65. The van der Waals surface area contributed by atoms with Gasteiger partial charge in [0.1, 0.15) is 6.16 Å². The number of aliphatic hydroxyl groups is 1. The van der Waals surface area contributed by atoms with Gasteiger partial charge in [-0.2, -0.15) is 0 Å². The summed E-state index contributed by atoms with van der Waals surface area (Å²) in [7, 11) is -4.40. The Morgan fingerprint density at radius 2 is 2.00 bits per heavy atom. The van der Waals surface area contributed by atoms with Crippen LogP contribution >= 0.6 is 7.60 Å². The van der Waals surface area contributed by atoms with Gasteiger partial charge in [-0.25, -0.2) is 0 Å². The van der Waals surface area contributed by atoms with Gasteiger partial charge < -0.3 is 19.6 Å². The van der Waals surface area contributed by atoms with Crippen LogP contribution in [0.1, 0.15) is 20.3 Å². The largest absolute Gasteiger partial charge is 0.433 e. The molecular formula is C6H13O6P. The Morgan fingerprint density at radius 3 is 2.31 bits per heavy atom. The monoisotopic (exact) mass is 212 g/mol. The second-order valence-corrected chi connectivity index (χ2v) is 4.47. The van der Waals surface area contributed by atoms with E-state index < -0.39 is 25.5 Å². The van der Waals surface area contributed by atoms with Crippen molar-refractivity contribution in [3.8, 4) is 0 Å². The summed E-state index contributed by atoms with van der Waals surface area (Å²) in [5.74, 6) is -2.77. The maximum Gasteiger partial charge on any atom is 0.336 e. The zero-order chi connectivity index (χ0) is 10.7. The van der Waals surface area contributed by atoms with Crippen LogP contribution in [0.3, 0.4) is 0 Å². The highest BCUT2D eigenvalue weighted by Gasteiger charge is 2.27. The maximum absolute atomic E-state index is 10.8. The van der Waals surface area contributed by atoms with E-state index in [9.17, 15) is 14.5 Å². The molecule has 0 fully saturated rings. The van der Waals surface area contributed by atoms with Crippen molar-refractivity contribution in [1.29, 1.82) is 0 Å². The minimum Gasteiger partial charge on any atom is -0.433 e. The molecule has 13 heavy (non-hydrogen) atoms. The third-order valence-electron chi connectivity index (χ3n) is 1.32. The van der Waals surface area contributed by atoms with Gasteiger partial charge in [0.05, 0.1) is 0 Å². The second kappa shape index (κ2) is 4.19. The van der Waals surface area contributed by atoms with Gasteiger partial charge in [-0.1, -0.05) is 6.92 Å². The van der Waals surface area contributed by atoms with Gasteiger partial charge in [0, 0.05) is 13.3 Å². The third-order valence-corrected chi connectivity index (χ3v) is 1.99. The number of carbonyl (C=O) groups excluding carboxylic acids is 1. The molecule has 0 rings (SSSR count). The van der Waals surface area contributed by atoms with Gasteiger partial charge in [-0.3, -0.25) is 9.36 Å². The molecule has 0 saturated carbocycles. The number of esters is 1. The predicted molar refractivity (Wildman–Crippen MR) is 43.9 cm³/mol. The quantitative estimate of drug-likeness (QED) is 0.339. The fourth-order valence-electron chi connectivity index (χ4n) is 0.518. The van der Waals surface area contributed by atoms with E-state index in [1.165, 1.54) is 6.92 Å². The van der Waals surface area contributed by atoms with E-state index in [1.807, 2.05) is 0 Å². The summed E-state index contributed by atoms with van der Waals surface area (Å²) in [6.07, 6.45) is -0.858. The molecule has 0 aliphatic rings. The minimum atomic E-state index is -4.40. The van der Waals surface area contributed by atoms with Crippen molar-refractivity contribution >= 4 is 13.6 Å². The molecular weight excluding hydrogens is 199 g/mol. The summed E-state index contributed by atoms with van der Waals surface area (Å²) < 4.78 is 14.7. The Hall–Kier alpha value is -0.420. The van der Waals surface area contributed by atoms with Gasteiger partial charge >= 0.3 is 13.6 Å². The van der Waals surface area contributed by atoms with Gasteiger partial charge in [0.25, 0.3) is 0 Å². The SMILES string of the molecule is CCC(C)(O)OC(=O)CP(=O)(O)O. The molecule has 78 valence electrons. The van der Waals surface area contributed by atoms with Crippen molar-refractivity contribution in [2.75, 3.05) is 6.16 Å². The van der Waals surface area contributed by atoms with Crippen LogP contribution in [-0.2, 0) is 14.1 Å². The maximum atomic E-state index is 10.8. The van der Waals surface area contributed by atoms with Crippen LogP contribution in [-0.4, -0.2) is 32.8 Å². The Morgan fingerprint density at radius 1 is 1.54 bits per heavy atom. The van der Waals surface area contributed by atoms with Gasteiger partial charge in [0.15, 0.2) is 0 Å². The van der Waals surface area contributed by atoms with Crippen molar-refractivity contribution < 1.29 is 29.0 Å². The van der Waals surface area contributed by atoms with Crippen molar-refractivity contribution in [3.63, 3.8) is 0 Å². The summed E-state index contributed by atoms with van der Waals surface area (Å²) >= 11 is 0. The summed E-state index contributed by atoms with van der Waals surface area (Å²) in [4.78, 5) is 27.5. The summed E-state index contributed by atoms with van der Waals surface area (Å²) in [5, 5.41) is 9.19. The van der Waals surface area contributed by atoms with Crippen molar-refractivity contribution in [3.05, 3.63) is 0 Å². The number of carbonyl (C=O) groups is 1. The van der Waals surface area contributed by atoms with Gasteiger partial charge in [0.2, 0.25) is 5.79 Å². The highest BCUT2D eigenvalue weighted by molar-refractivity contribution is 7.52. The standard InChI is InChI=1S/C6H13O6P/c1-3-6(2,8)12-5(7)4-13(9,10)11/h8H,3-4H2,1-2H3,(H2,9,10,11). The van der Waals surface area contributed by atoms with Crippen LogP contribution < -0.4 is 0 Å². The average molecular weight is 212 g/mol. The Balaban J connectivity index is 4.11. The van der Waals surface area contributed by atoms with Crippen LogP contribution in [0.4, 0.5) is 0 Å². The topological polar surface area (TPSA) is 104 Å². The molecule has 0 amide bonds. The van der Waals surface area contributed by atoms with Crippen LogP contribution in [0.5, 0.6) is 0 Å². The first-order valence-corrected chi connectivity index (χ1v) is 5.45. The second-order valence-electron chi connectivity index (χ2n) is 2.83. The number of hydrogen-bond acceptors (Lipinski definition) is 4. The van der Waals surface area contributed by atoms with E-state index in [4.69, 9.17) is 9.79 Å². The van der Waals surface area contributed by atoms with Crippen molar-refractivity contribution in [1.82, 2.24) is 0 Å². The third kappa shape index (κ3) is 6.72. The lowest BCUT2D eigenvalue weighted by molar-refractivity contribution is -0.200. The smallest absolute Gasteiger partial charge is 0.336 e. The molecule has 3 N–H and O–H groups in total. The zero-order valence-corrected chi connectivity index (χ0v) is 8.32. The molecule has 7 heteroatoms. The van der Waals surface area contributed by atoms with Crippen LogP contribution in [0.15, 0.2) is 0 Å². The first-order chi connectivity index (χ1) is 5.66. The molecule has 0 aromatic carbocycles. The van der Waals surface area contributed by atoms with E-state index in [0.717, 1.165) is 0 Å². The number of hydrogen-bond donors (Lipinski definition) is 3. The molecule has 0 aromatic rings. The Bertz CT molecular complexity index is 229. The predicted octanol–water partition coefficient (Wildman–Crippen LogP) is -0.174. The molecule has 0 radical (unpaired) electrons. The van der Waals surface area contributed by atoms with Crippen molar-refractivity contribution in [2.45, 2.75) is 26.1 Å². The fraction of sp³-hybridized carbons (Fsp3) is 0.833. The van der Waals surface area contributed by atoms with E-state index >= 15 is 0 Å². The average Bonchev–Trinajstić information content (AvgIpc) is 1.81. The molecule has 0 saturated heterocycles. The normalized spacial score (nSPS) is 16.4.